The molecule has 0 aliphatic carbocycles. The van der Waals surface area contributed by atoms with E-state index in [0.29, 0.717) is 18.0 Å². The van der Waals surface area contributed by atoms with E-state index in [0.717, 1.165) is 49.1 Å². The number of nitrogens with zero attached hydrogens (tertiary/aromatic N) is 2. The van der Waals surface area contributed by atoms with E-state index >= 15 is 0 Å². The topological polar surface area (TPSA) is 25.3 Å². The first-order valence-electron chi connectivity index (χ1n) is 23.7. The van der Waals surface area contributed by atoms with Gasteiger partial charge in [-0.15, -0.1) is 0 Å². The van der Waals surface area contributed by atoms with Gasteiger partial charge in [-0.1, -0.05) is 124 Å². The van der Waals surface area contributed by atoms with E-state index in [2.05, 4.69) is 139 Å². The summed E-state index contributed by atoms with van der Waals surface area (Å²) in [6.45, 7) is 15.6. The quantitative estimate of drug-likeness (QED) is 0.0360. The van der Waals surface area contributed by atoms with E-state index < -0.39 is 0 Å². The van der Waals surface area contributed by atoms with Crippen molar-refractivity contribution in [2.75, 3.05) is 0 Å². The zero-order valence-corrected chi connectivity index (χ0v) is 39.8. The fourth-order valence-corrected chi connectivity index (χ4v) is 9.51. The van der Waals surface area contributed by atoms with Gasteiger partial charge in [0.05, 0.1) is 0 Å². The van der Waals surface area contributed by atoms with E-state index in [1.807, 2.05) is 0 Å². The van der Waals surface area contributed by atoms with Crippen molar-refractivity contribution < 1.29 is 22.7 Å². The summed E-state index contributed by atoms with van der Waals surface area (Å²) in [5.41, 5.74) is 25.7. The van der Waals surface area contributed by atoms with Gasteiger partial charge in [0.2, 0.25) is 11.4 Å². The van der Waals surface area contributed by atoms with Gasteiger partial charge in [-0.25, -0.2) is 4.70 Å². The van der Waals surface area contributed by atoms with Crippen LogP contribution < -0.4 is 8.07 Å². The van der Waals surface area contributed by atoms with Crippen LogP contribution in [0.15, 0.2) is 96.6 Å². The standard InChI is InChI=1S/C42H64N2.2C7H7.Pd/c1-6-11-15-17-19-21-25-36-27-34(23-13-8-3)29-39(30-36)41-33-38(10-5)42(44(41)43)40-31-35(24-14-9-4)28-37(32-40)26-22-20-18-16-12-7-2;2*1-7-5-3-2-4-6-7;/h27-33H,6-26H2,1-5H3;2*3-6H,1H3;. The number of rotatable bonds is 25. The maximum atomic E-state index is 11.9. The minimum atomic E-state index is 0.562. The Morgan fingerprint density at radius 2 is 0.814 bits per heavy atom. The monoisotopic (exact) mass is 885 g/mol. The zero-order chi connectivity index (χ0) is 42.2. The number of allylic oxidation sites excluding steroid dienone is 2. The van der Waals surface area contributed by atoms with Gasteiger partial charge in [0.15, 0.2) is 0 Å². The molecule has 322 valence electrons. The molecule has 59 heavy (non-hydrogen) atoms. The van der Waals surface area contributed by atoms with Gasteiger partial charge < -0.3 is 5.53 Å². The van der Waals surface area contributed by atoms with Crippen LogP contribution in [0.2, 0.25) is 0 Å². The first-order valence-corrected chi connectivity index (χ1v) is 25.3. The fourth-order valence-electron chi connectivity index (χ4n) is 7.96. The summed E-state index contributed by atoms with van der Waals surface area (Å²) in [4.78, 5) is 0. The van der Waals surface area contributed by atoms with Gasteiger partial charge in [0.1, 0.15) is 0 Å². The van der Waals surface area contributed by atoms with E-state index in [4.69, 9.17) is 0 Å². The Balaban J connectivity index is 0.000000425. The van der Waals surface area contributed by atoms with Crippen molar-refractivity contribution in [3.8, 4) is 0 Å². The second-order valence-corrected chi connectivity index (χ2v) is 19.2. The normalized spacial score (nSPS) is 12.6. The first-order chi connectivity index (χ1) is 28.8. The average molecular weight is 886 g/mol. The van der Waals surface area contributed by atoms with Crippen LogP contribution in [0.1, 0.15) is 188 Å². The molecule has 5 rings (SSSR count). The van der Waals surface area contributed by atoms with Crippen LogP contribution in [0.5, 0.6) is 0 Å². The summed E-state index contributed by atoms with van der Waals surface area (Å²) in [5.74, 6) is 0. The van der Waals surface area contributed by atoms with E-state index in [9.17, 15) is 5.53 Å². The molecule has 2 nitrogen and oxygen atoms in total. The minimum absolute atomic E-state index is 0.562. The fraction of sp³-hybridized carbons (Fsp3) is 0.500. The average Bonchev–Trinajstić information content (AvgIpc) is 3.59. The van der Waals surface area contributed by atoms with Crippen LogP contribution in [0.25, 0.3) is 16.9 Å². The molecule has 1 aliphatic heterocycles. The molecule has 3 heteroatoms. The molecule has 1 aliphatic rings. The van der Waals surface area contributed by atoms with E-state index in [-0.39, 0.29) is 0 Å². The van der Waals surface area contributed by atoms with E-state index in [1.54, 1.807) is 0 Å². The molecule has 0 aromatic heterocycles. The maximum absolute atomic E-state index is 11.9. The first kappa shape index (κ1) is 48.3. The van der Waals surface area contributed by atoms with Gasteiger partial charge in [-0.05, 0) is 104 Å². The molecule has 0 saturated heterocycles. The molecular weight excluding hydrogens is 807 g/mol. The predicted octanol–water partition coefficient (Wildman–Crippen LogP) is 15.7. The molecule has 0 amide bonds. The summed E-state index contributed by atoms with van der Waals surface area (Å²) >= 11 is 0.562. The Bertz CT molecular complexity index is 1850. The Morgan fingerprint density at radius 3 is 1.22 bits per heavy atom. The van der Waals surface area contributed by atoms with Crippen LogP contribution in [0, 0.1) is 13.8 Å². The number of aryl methyl sites for hydroxylation is 6. The van der Waals surface area contributed by atoms with Crippen LogP contribution >= 0.6 is 0 Å². The molecule has 1 heterocycles. The molecule has 0 spiro atoms. The van der Waals surface area contributed by atoms with Gasteiger partial charge >= 0.3 is 99.6 Å². The van der Waals surface area contributed by atoms with Crippen molar-refractivity contribution in [1.82, 2.24) is 0 Å². The van der Waals surface area contributed by atoms with Crippen molar-refractivity contribution >= 4 is 19.5 Å². The summed E-state index contributed by atoms with van der Waals surface area (Å²) in [7, 11) is 0. The summed E-state index contributed by atoms with van der Waals surface area (Å²) in [6.07, 6.45) is 28.3. The van der Waals surface area contributed by atoms with Crippen molar-refractivity contribution in [2.45, 2.75) is 183 Å². The molecule has 0 atom stereocenters. The molecule has 0 saturated carbocycles. The third-order valence-corrected chi connectivity index (χ3v) is 13.5. The molecule has 4 aromatic rings. The second kappa shape index (κ2) is 27.5. The van der Waals surface area contributed by atoms with Crippen LogP contribution in [-0.4, -0.2) is 4.70 Å². The van der Waals surface area contributed by atoms with Crippen molar-refractivity contribution in [3.63, 3.8) is 0 Å². The van der Waals surface area contributed by atoms with E-state index in [1.165, 1.54) is 160 Å². The molecule has 4 aromatic carbocycles. The van der Waals surface area contributed by atoms with Crippen LogP contribution in [-0.2, 0) is 43.7 Å². The van der Waals surface area contributed by atoms with Crippen molar-refractivity contribution in [2.24, 2.45) is 0 Å². The Kier molecular flexibility index (Phi) is 22.5. The molecular formula is C56H78N2Pd. The predicted molar refractivity (Wildman–Crippen MR) is 255 cm³/mol. The third-order valence-electron chi connectivity index (χ3n) is 11.5. The van der Waals surface area contributed by atoms with Crippen molar-refractivity contribution in [1.29, 1.82) is 0 Å². The molecule has 0 bridgehead atoms. The van der Waals surface area contributed by atoms with Gasteiger partial charge in [-0.2, -0.15) is 0 Å². The Morgan fingerprint density at radius 1 is 0.441 bits per heavy atom. The van der Waals surface area contributed by atoms with Crippen LogP contribution in [0.4, 0.5) is 0 Å². The molecule has 0 radical (unpaired) electrons. The third kappa shape index (κ3) is 16.9. The summed E-state index contributed by atoms with van der Waals surface area (Å²) in [6, 6.07) is 31.9. The zero-order valence-electron chi connectivity index (χ0n) is 38.2. The Labute approximate surface area is 370 Å². The number of hydrogen-bond donors (Lipinski definition) is 0. The number of benzene rings is 4. The molecule has 0 N–H and O–H groups in total. The molecule has 0 unspecified atom stereocenters. The van der Waals surface area contributed by atoms with Gasteiger partial charge in [0.25, 0.3) is 0 Å². The SMILES string of the molecule is CCCCCCCCc1cc(CCCC)cc(C2=CC(CC)=C(c3cc(CCCC)cc(CCCCCCCC)c3)[N+]2=[N-])c1.Cc1cc[c]([Pd][c]2ccc(C)cc2)cc1. The number of unbranched alkanes of at least 4 members (excludes halogenated alkanes) is 12. The van der Waals surface area contributed by atoms with Gasteiger partial charge in [0, 0.05) is 22.8 Å². The number of hydrogen-bond acceptors (Lipinski definition) is 0. The summed E-state index contributed by atoms with van der Waals surface area (Å²) < 4.78 is 4.39. The second-order valence-electron chi connectivity index (χ2n) is 17.0. The van der Waals surface area contributed by atoms with Crippen molar-refractivity contribution in [3.05, 3.63) is 147 Å². The molecule has 0 fully saturated rings. The van der Waals surface area contributed by atoms with Crippen LogP contribution in [0.3, 0.4) is 0 Å². The Hall–Kier alpha value is -3.38. The van der Waals surface area contributed by atoms with Gasteiger partial charge in [-0.3, -0.25) is 0 Å². The summed E-state index contributed by atoms with van der Waals surface area (Å²) in [5, 5.41) is 0.